The monoisotopic (exact) mass is 399 g/mol. The van der Waals surface area contributed by atoms with Gasteiger partial charge in [-0.1, -0.05) is 18.2 Å². The Hall–Kier alpha value is -2.25. The van der Waals surface area contributed by atoms with Crippen molar-refractivity contribution in [2.45, 2.75) is 31.2 Å². The lowest BCUT2D eigenvalue weighted by molar-refractivity contribution is -0.132. The Labute approximate surface area is 166 Å². The summed E-state index contributed by atoms with van der Waals surface area (Å²) in [6, 6.07) is 12.7. The SMILES string of the molecule is Cc1cccc(S(=O)(=O)N2CCC3(CC3C(=O)N(C)Cc3ccccn3)C2)c1. The number of aromatic nitrogens is 1. The molecule has 2 unspecified atom stereocenters. The number of carbonyl (C=O) groups excluding carboxylic acids is 1. The highest BCUT2D eigenvalue weighted by atomic mass is 32.2. The summed E-state index contributed by atoms with van der Waals surface area (Å²) in [5, 5.41) is 0. The maximum Gasteiger partial charge on any atom is 0.243 e. The molecule has 1 saturated carbocycles. The summed E-state index contributed by atoms with van der Waals surface area (Å²) in [6.07, 6.45) is 3.22. The number of aryl methyl sites for hydroxylation is 1. The molecule has 2 aliphatic rings. The first-order valence-electron chi connectivity index (χ1n) is 9.54. The van der Waals surface area contributed by atoms with E-state index in [0.29, 0.717) is 24.5 Å². The zero-order valence-electron chi connectivity index (χ0n) is 16.2. The Morgan fingerprint density at radius 2 is 2.11 bits per heavy atom. The van der Waals surface area contributed by atoms with Crippen molar-refractivity contribution in [1.82, 2.24) is 14.2 Å². The average molecular weight is 400 g/mol. The third-order valence-electron chi connectivity index (χ3n) is 5.97. The molecule has 2 aromatic rings. The predicted octanol–water partition coefficient (Wildman–Crippen LogP) is 2.45. The smallest absolute Gasteiger partial charge is 0.243 e. The van der Waals surface area contributed by atoms with Crippen LogP contribution in [0.15, 0.2) is 53.6 Å². The highest BCUT2D eigenvalue weighted by Crippen LogP contribution is 2.59. The molecule has 1 amide bonds. The largest absolute Gasteiger partial charge is 0.340 e. The molecule has 28 heavy (non-hydrogen) atoms. The zero-order valence-corrected chi connectivity index (χ0v) is 17.0. The van der Waals surface area contributed by atoms with Crippen LogP contribution >= 0.6 is 0 Å². The van der Waals surface area contributed by atoms with Gasteiger partial charge < -0.3 is 4.90 Å². The van der Waals surface area contributed by atoms with Gasteiger partial charge in [-0.2, -0.15) is 4.31 Å². The Morgan fingerprint density at radius 1 is 1.29 bits per heavy atom. The highest BCUT2D eigenvalue weighted by Gasteiger charge is 2.62. The topological polar surface area (TPSA) is 70.6 Å². The van der Waals surface area contributed by atoms with Crippen LogP contribution in [0.2, 0.25) is 0 Å². The van der Waals surface area contributed by atoms with Crippen molar-refractivity contribution >= 4 is 15.9 Å². The van der Waals surface area contributed by atoms with Gasteiger partial charge in [0.25, 0.3) is 0 Å². The van der Waals surface area contributed by atoms with Crippen molar-refractivity contribution in [3.63, 3.8) is 0 Å². The van der Waals surface area contributed by atoms with Crippen LogP contribution in [0.1, 0.15) is 24.1 Å². The first-order chi connectivity index (χ1) is 13.3. The van der Waals surface area contributed by atoms with Gasteiger partial charge in [-0.15, -0.1) is 0 Å². The average Bonchev–Trinajstić information content (AvgIpc) is 3.20. The van der Waals surface area contributed by atoms with Crippen LogP contribution in [0.3, 0.4) is 0 Å². The minimum atomic E-state index is -3.51. The molecule has 0 N–H and O–H groups in total. The zero-order chi connectivity index (χ0) is 19.9. The quantitative estimate of drug-likeness (QED) is 0.774. The van der Waals surface area contributed by atoms with Gasteiger partial charge >= 0.3 is 0 Å². The number of pyridine rings is 1. The predicted molar refractivity (Wildman–Crippen MR) is 106 cm³/mol. The van der Waals surface area contributed by atoms with E-state index in [4.69, 9.17) is 0 Å². The van der Waals surface area contributed by atoms with Crippen molar-refractivity contribution in [2.24, 2.45) is 11.3 Å². The molecule has 6 nitrogen and oxygen atoms in total. The second kappa shape index (κ2) is 6.97. The van der Waals surface area contributed by atoms with Gasteiger partial charge in [-0.05, 0) is 55.0 Å². The van der Waals surface area contributed by atoms with E-state index >= 15 is 0 Å². The van der Waals surface area contributed by atoms with Crippen LogP contribution in [-0.2, 0) is 21.4 Å². The minimum Gasteiger partial charge on any atom is -0.340 e. The van der Waals surface area contributed by atoms with Crippen LogP contribution in [0, 0.1) is 18.3 Å². The summed E-state index contributed by atoms with van der Waals surface area (Å²) in [5.41, 5.74) is 1.57. The number of benzene rings is 1. The Bertz CT molecular complexity index is 993. The molecule has 1 spiro atoms. The molecule has 1 aliphatic heterocycles. The minimum absolute atomic E-state index is 0.0838. The van der Waals surface area contributed by atoms with Crippen molar-refractivity contribution in [1.29, 1.82) is 0 Å². The van der Waals surface area contributed by atoms with E-state index in [-0.39, 0.29) is 17.2 Å². The summed E-state index contributed by atoms with van der Waals surface area (Å²) in [7, 11) is -1.72. The molecule has 148 valence electrons. The van der Waals surface area contributed by atoms with Crippen molar-refractivity contribution in [3.8, 4) is 0 Å². The van der Waals surface area contributed by atoms with E-state index in [1.54, 1.807) is 40.6 Å². The molecule has 2 heterocycles. The molecule has 2 atom stereocenters. The lowest BCUT2D eigenvalue weighted by atomic mass is 10.0. The maximum atomic E-state index is 13.0. The van der Waals surface area contributed by atoms with E-state index in [1.165, 1.54) is 0 Å². The fraction of sp³-hybridized carbons (Fsp3) is 0.429. The Kier molecular flexibility index (Phi) is 4.75. The summed E-state index contributed by atoms with van der Waals surface area (Å²) < 4.78 is 27.5. The van der Waals surface area contributed by atoms with Gasteiger partial charge in [0.2, 0.25) is 15.9 Å². The molecule has 0 radical (unpaired) electrons. The first kappa shape index (κ1) is 19.1. The van der Waals surface area contributed by atoms with E-state index in [9.17, 15) is 13.2 Å². The lowest BCUT2D eigenvalue weighted by Gasteiger charge is -2.19. The molecular weight excluding hydrogens is 374 g/mol. The van der Waals surface area contributed by atoms with Gasteiger partial charge in [0.05, 0.1) is 17.1 Å². The van der Waals surface area contributed by atoms with E-state index in [1.807, 2.05) is 31.2 Å². The number of amides is 1. The summed E-state index contributed by atoms with van der Waals surface area (Å²) in [4.78, 5) is 19.2. The van der Waals surface area contributed by atoms with E-state index in [0.717, 1.165) is 24.1 Å². The fourth-order valence-corrected chi connectivity index (χ4v) is 5.86. The third-order valence-corrected chi connectivity index (χ3v) is 7.81. The van der Waals surface area contributed by atoms with Crippen LogP contribution in [0.25, 0.3) is 0 Å². The molecule has 7 heteroatoms. The van der Waals surface area contributed by atoms with Crippen LogP contribution < -0.4 is 0 Å². The number of carbonyl (C=O) groups is 1. The van der Waals surface area contributed by atoms with Crippen LogP contribution in [0.5, 0.6) is 0 Å². The molecule has 1 saturated heterocycles. The van der Waals surface area contributed by atoms with Crippen molar-refractivity contribution in [3.05, 3.63) is 59.9 Å². The lowest BCUT2D eigenvalue weighted by Crippen LogP contribution is -2.32. The maximum absolute atomic E-state index is 13.0. The van der Waals surface area contributed by atoms with Gasteiger partial charge in [-0.25, -0.2) is 8.42 Å². The van der Waals surface area contributed by atoms with Gasteiger partial charge in [0.1, 0.15) is 0 Å². The Balaban J connectivity index is 1.42. The first-order valence-corrected chi connectivity index (χ1v) is 11.0. The number of sulfonamides is 1. The van der Waals surface area contributed by atoms with E-state index < -0.39 is 10.0 Å². The van der Waals surface area contributed by atoms with E-state index in [2.05, 4.69) is 4.98 Å². The van der Waals surface area contributed by atoms with Crippen molar-refractivity contribution < 1.29 is 13.2 Å². The van der Waals surface area contributed by atoms with Crippen LogP contribution in [-0.4, -0.2) is 48.7 Å². The van der Waals surface area contributed by atoms with Gasteiger partial charge in [-0.3, -0.25) is 9.78 Å². The molecular formula is C21H25N3O3S. The number of nitrogens with zero attached hydrogens (tertiary/aromatic N) is 3. The molecule has 4 rings (SSSR count). The summed E-state index contributed by atoms with van der Waals surface area (Å²) >= 11 is 0. The summed E-state index contributed by atoms with van der Waals surface area (Å²) in [5.74, 6) is -0.0145. The fourth-order valence-electron chi connectivity index (χ4n) is 4.21. The number of hydrogen-bond donors (Lipinski definition) is 0. The van der Waals surface area contributed by atoms with Gasteiger partial charge in [0.15, 0.2) is 0 Å². The normalized spacial score (nSPS) is 24.4. The second-order valence-corrected chi connectivity index (χ2v) is 9.98. The molecule has 2 fully saturated rings. The Morgan fingerprint density at radius 3 is 2.82 bits per heavy atom. The molecule has 1 aromatic heterocycles. The standard InChI is InChI=1S/C21H25N3O3S/c1-16-6-5-8-18(12-16)28(26,27)24-11-9-21(15-24)13-19(21)20(25)23(2)14-17-7-3-4-10-22-17/h3-8,10,12,19H,9,11,13-15H2,1-2H3. The number of rotatable bonds is 5. The van der Waals surface area contributed by atoms with Crippen molar-refractivity contribution in [2.75, 3.05) is 20.1 Å². The highest BCUT2D eigenvalue weighted by molar-refractivity contribution is 7.89. The second-order valence-electron chi connectivity index (χ2n) is 8.04. The van der Waals surface area contributed by atoms with Crippen LogP contribution in [0.4, 0.5) is 0 Å². The summed E-state index contributed by atoms with van der Waals surface area (Å²) in [6.45, 7) is 3.26. The third kappa shape index (κ3) is 3.44. The van der Waals surface area contributed by atoms with Gasteiger partial charge in [0, 0.05) is 32.3 Å². The molecule has 0 bridgehead atoms. The number of hydrogen-bond acceptors (Lipinski definition) is 4. The molecule has 1 aromatic carbocycles. The molecule has 1 aliphatic carbocycles.